The van der Waals surface area contributed by atoms with E-state index < -0.39 is 12.2 Å². The second-order valence-corrected chi connectivity index (χ2v) is 5.48. The minimum Gasteiger partial charge on any atom is -0.496 e. The Hall–Kier alpha value is -3.28. The second-order valence-electron chi connectivity index (χ2n) is 5.48. The summed E-state index contributed by atoms with van der Waals surface area (Å²) in [4.78, 5) is 25.9. The fourth-order valence-corrected chi connectivity index (χ4v) is 2.91. The Morgan fingerprint density at radius 1 is 1.17 bits per heavy atom. The first-order valence-corrected chi connectivity index (χ1v) is 7.43. The van der Waals surface area contributed by atoms with Crippen LogP contribution >= 0.6 is 0 Å². The van der Waals surface area contributed by atoms with Crippen molar-refractivity contribution in [2.75, 3.05) is 13.7 Å². The number of aromatic nitrogens is 1. The predicted molar refractivity (Wildman–Crippen MR) is 87.8 cm³/mol. The quantitative estimate of drug-likeness (QED) is 0.755. The molecule has 24 heavy (non-hydrogen) atoms. The van der Waals surface area contributed by atoms with E-state index in [2.05, 4.69) is 0 Å². The summed E-state index contributed by atoms with van der Waals surface area (Å²) in [6.45, 7) is 0.411. The van der Waals surface area contributed by atoms with Crippen LogP contribution in [-0.4, -0.2) is 35.3 Å². The SMILES string of the molecule is COc1cccc2c1ccn2C(=O)OC(=O)N1C=C2C=CC=C2C1. The van der Waals surface area contributed by atoms with Crippen LogP contribution in [0.25, 0.3) is 10.9 Å². The van der Waals surface area contributed by atoms with E-state index in [0.717, 1.165) is 16.5 Å². The first-order valence-electron chi connectivity index (χ1n) is 7.43. The monoisotopic (exact) mass is 322 g/mol. The Morgan fingerprint density at radius 3 is 2.83 bits per heavy atom. The summed E-state index contributed by atoms with van der Waals surface area (Å²) in [5.74, 6) is 0.654. The number of carbonyl (C=O) groups is 2. The Kier molecular flexibility index (Phi) is 3.23. The fourth-order valence-electron chi connectivity index (χ4n) is 2.91. The van der Waals surface area contributed by atoms with Crippen molar-refractivity contribution in [2.24, 2.45) is 0 Å². The zero-order valence-corrected chi connectivity index (χ0v) is 12.9. The van der Waals surface area contributed by atoms with Crippen molar-refractivity contribution in [3.8, 4) is 5.75 Å². The van der Waals surface area contributed by atoms with Crippen LogP contribution in [0.3, 0.4) is 0 Å². The van der Waals surface area contributed by atoms with Crippen LogP contribution in [-0.2, 0) is 4.74 Å². The average molecular weight is 322 g/mol. The minimum atomic E-state index is -0.747. The molecule has 4 rings (SSSR count). The molecule has 2 aromatic rings. The molecule has 0 unspecified atom stereocenters. The highest BCUT2D eigenvalue weighted by Crippen LogP contribution is 2.28. The summed E-state index contributed by atoms with van der Waals surface area (Å²) >= 11 is 0. The van der Waals surface area contributed by atoms with Gasteiger partial charge in [-0.2, -0.15) is 0 Å². The van der Waals surface area contributed by atoms with Crippen molar-refractivity contribution < 1.29 is 19.1 Å². The zero-order chi connectivity index (χ0) is 16.7. The first-order chi connectivity index (χ1) is 11.7. The number of ether oxygens (including phenoxy) is 2. The maximum absolute atomic E-state index is 12.3. The van der Waals surface area contributed by atoms with Gasteiger partial charge in [0.05, 0.1) is 19.2 Å². The topological polar surface area (TPSA) is 60.8 Å². The molecule has 0 spiro atoms. The molecule has 1 aliphatic carbocycles. The van der Waals surface area contributed by atoms with Crippen LogP contribution in [0, 0.1) is 0 Å². The highest BCUT2D eigenvalue weighted by molar-refractivity contribution is 5.96. The molecular weight excluding hydrogens is 308 g/mol. The number of hydrogen-bond acceptors (Lipinski definition) is 4. The van der Waals surface area contributed by atoms with E-state index in [0.29, 0.717) is 17.8 Å². The lowest BCUT2D eigenvalue weighted by Gasteiger charge is -2.13. The molecule has 1 aromatic heterocycles. The van der Waals surface area contributed by atoms with Gasteiger partial charge in [0.25, 0.3) is 0 Å². The van der Waals surface area contributed by atoms with Gasteiger partial charge in [0, 0.05) is 17.8 Å². The molecule has 1 amide bonds. The summed E-state index contributed by atoms with van der Waals surface area (Å²) in [6.07, 6.45) is 7.58. The van der Waals surface area contributed by atoms with Gasteiger partial charge in [0.1, 0.15) is 5.75 Å². The van der Waals surface area contributed by atoms with Gasteiger partial charge in [-0.05, 0) is 29.3 Å². The summed E-state index contributed by atoms with van der Waals surface area (Å²) in [6, 6.07) is 7.09. The standard InChI is InChI=1S/C18H14N2O4/c1-23-16-7-3-6-15-14(16)8-9-20(15)18(22)24-17(21)19-10-12-4-2-5-13(12)11-19/h2-10H,11H2,1H3. The minimum absolute atomic E-state index is 0.411. The molecule has 1 aliphatic heterocycles. The van der Waals surface area contributed by atoms with Crippen molar-refractivity contribution in [3.05, 3.63) is 66.0 Å². The van der Waals surface area contributed by atoms with Gasteiger partial charge < -0.3 is 9.47 Å². The van der Waals surface area contributed by atoms with Crippen molar-refractivity contribution in [2.45, 2.75) is 0 Å². The van der Waals surface area contributed by atoms with Crippen LogP contribution in [0.2, 0.25) is 0 Å². The van der Waals surface area contributed by atoms with Crippen LogP contribution in [0.15, 0.2) is 66.0 Å². The molecule has 1 aromatic carbocycles. The Balaban J connectivity index is 1.55. The zero-order valence-electron chi connectivity index (χ0n) is 12.9. The molecule has 0 atom stereocenters. The molecular formula is C18H14N2O4. The Bertz CT molecular complexity index is 949. The maximum Gasteiger partial charge on any atom is 0.427 e. The van der Waals surface area contributed by atoms with Gasteiger partial charge in [-0.3, -0.25) is 9.47 Å². The number of benzene rings is 1. The molecule has 120 valence electrons. The van der Waals surface area contributed by atoms with Gasteiger partial charge in [0.15, 0.2) is 0 Å². The third-order valence-corrected chi connectivity index (χ3v) is 4.10. The molecule has 2 aliphatic rings. The molecule has 6 nitrogen and oxygen atoms in total. The van der Waals surface area contributed by atoms with E-state index in [9.17, 15) is 9.59 Å². The molecule has 2 heterocycles. The second kappa shape index (κ2) is 5.42. The van der Waals surface area contributed by atoms with Gasteiger partial charge in [-0.15, -0.1) is 0 Å². The number of carbonyl (C=O) groups excluding carboxylic acids is 2. The molecule has 0 N–H and O–H groups in total. The van der Waals surface area contributed by atoms with Crippen molar-refractivity contribution in [1.29, 1.82) is 0 Å². The summed E-state index contributed by atoms with van der Waals surface area (Å²) in [5.41, 5.74) is 2.63. The van der Waals surface area contributed by atoms with Crippen molar-refractivity contribution >= 4 is 23.1 Å². The molecule has 0 bridgehead atoms. The number of allylic oxidation sites excluding steroid dienone is 3. The molecule has 6 heteroatoms. The molecule has 0 fully saturated rings. The smallest absolute Gasteiger partial charge is 0.427 e. The lowest BCUT2D eigenvalue weighted by molar-refractivity contribution is 0.134. The highest BCUT2D eigenvalue weighted by Gasteiger charge is 2.26. The van der Waals surface area contributed by atoms with Crippen LogP contribution < -0.4 is 4.74 Å². The molecule has 0 saturated carbocycles. The van der Waals surface area contributed by atoms with E-state index in [1.807, 2.05) is 18.2 Å². The Morgan fingerprint density at radius 2 is 2.04 bits per heavy atom. The third-order valence-electron chi connectivity index (χ3n) is 4.10. The van der Waals surface area contributed by atoms with E-state index in [-0.39, 0.29) is 0 Å². The maximum atomic E-state index is 12.3. The average Bonchev–Trinajstić information content (AvgIpc) is 3.27. The van der Waals surface area contributed by atoms with Gasteiger partial charge in [-0.25, -0.2) is 9.59 Å². The summed E-state index contributed by atoms with van der Waals surface area (Å²) in [7, 11) is 1.56. The summed E-state index contributed by atoms with van der Waals surface area (Å²) < 4.78 is 11.6. The lowest BCUT2D eigenvalue weighted by atomic mass is 10.2. The van der Waals surface area contributed by atoms with E-state index >= 15 is 0 Å². The van der Waals surface area contributed by atoms with E-state index in [1.54, 1.807) is 43.8 Å². The van der Waals surface area contributed by atoms with E-state index in [4.69, 9.17) is 9.47 Å². The van der Waals surface area contributed by atoms with Gasteiger partial charge in [0.2, 0.25) is 0 Å². The number of amides is 1. The highest BCUT2D eigenvalue weighted by atomic mass is 16.6. The normalized spacial score (nSPS) is 15.3. The van der Waals surface area contributed by atoms with Crippen molar-refractivity contribution in [1.82, 2.24) is 9.47 Å². The third kappa shape index (κ3) is 2.20. The number of nitrogens with zero attached hydrogens (tertiary/aromatic N) is 2. The number of fused-ring (bicyclic) bond motifs is 2. The number of methoxy groups -OCH3 is 1. The van der Waals surface area contributed by atoms with Crippen LogP contribution in [0.4, 0.5) is 9.59 Å². The number of hydrogen-bond donors (Lipinski definition) is 0. The first kappa shape index (κ1) is 14.3. The number of rotatable bonds is 1. The predicted octanol–water partition coefficient (Wildman–Crippen LogP) is 3.45. The van der Waals surface area contributed by atoms with Crippen LogP contribution in [0.1, 0.15) is 0 Å². The molecule has 0 saturated heterocycles. The van der Waals surface area contributed by atoms with Crippen LogP contribution in [0.5, 0.6) is 5.75 Å². The fraction of sp³-hybridized carbons (Fsp3) is 0.111. The van der Waals surface area contributed by atoms with Gasteiger partial charge in [-0.1, -0.05) is 24.3 Å². The van der Waals surface area contributed by atoms with E-state index in [1.165, 1.54) is 9.47 Å². The van der Waals surface area contributed by atoms with Crippen molar-refractivity contribution in [3.63, 3.8) is 0 Å². The van der Waals surface area contributed by atoms with Gasteiger partial charge >= 0.3 is 12.2 Å². The Labute approximate surface area is 137 Å². The molecule has 0 radical (unpaired) electrons. The summed E-state index contributed by atoms with van der Waals surface area (Å²) in [5, 5.41) is 0.775. The largest absolute Gasteiger partial charge is 0.496 e. The lowest BCUT2D eigenvalue weighted by Crippen LogP contribution is -2.29.